The van der Waals surface area contributed by atoms with Crippen molar-refractivity contribution in [2.45, 2.75) is 6.92 Å². The summed E-state index contributed by atoms with van der Waals surface area (Å²) >= 11 is 0. The number of hydrogen-bond donors (Lipinski definition) is 1. The van der Waals surface area contributed by atoms with Gasteiger partial charge in [0.25, 0.3) is 0 Å². The van der Waals surface area contributed by atoms with E-state index in [-0.39, 0.29) is 11.4 Å². The fraction of sp³-hybridized carbons (Fsp3) is 0.0714. The Balaban J connectivity index is 2.30. The van der Waals surface area contributed by atoms with Crippen LogP contribution in [-0.4, -0.2) is 10.1 Å². The third kappa shape index (κ3) is 3.25. The van der Waals surface area contributed by atoms with E-state index in [2.05, 4.69) is 26.9 Å². The summed E-state index contributed by atoms with van der Waals surface area (Å²) in [4.78, 5) is 6.87. The first-order chi connectivity index (χ1) is 9.19. The maximum absolute atomic E-state index is 9.62. The Labute approximate surface area is 110 Å². The van der Waals surface area contributed by atoms with E-state index in [0.717, 1.165) is 5.69 Å². The normalized spacial score (nSPS) is 9.11. The Morgan fingerprint density at radius 3 is 2.79 bits per heavy atom. The molecule has 1 aromatic heterocycles. The molecule has 0 radical (unpaired) electrons. The van der Waals surface area contributed by atoms with Crippen molar-refractivity contribution in [1.82, 2.24) is 4.98 Å². The molecule has 0 aliphatic rings. The third-order valence-electron chi connectivity index (χ3n) is 2.35. The summed E-state index contributed by atoms with van der Waals surface area (Å²) in [5.74, 6) is 5.70. The van der Waals surface area contributed by atoms with Gasteiger partial charge in [-0.3, -0.25) is 0 Å². The molecular formula is C14H10N4O. The molecule has 0 saturated carbocycles. The number of phenols is 1. The number of aryl methyl sites for hydroxylation is 1. The van der Waals surface area contributed by atoms with Crippen molar-refractivity contribution in [3.05, 3.63) is 63.8 Å². The van der Waals surface area contributed by atoms with Crippen molar-refractivity contribution >= 4 is 5.69 Å². The van der Waals surface area contributed by atoms with Crippen LogP contribution in [0.15, 0.2) is 41.5 Å². The van der Waals surface area contributed by atoms with Gasteiger partial charge >= 0.3 is 0 Å². The molecule has 0 amide bonds. The predicted octanol–water partition coefficient (Wildman–Crippen LogP) is 3.44. The van der Waals surface area contributed by atoms with Crippen molar-refractivity contribution in [2.75, 3.05) is 0 Å². The Hall–Kier alpha value is -2.96. The number of benzene rings is 1. The fourth-order valence-corrected chi connectivity index (χ4v) is 1.48. The summed E-state index contributed by atoms with van der Waals surface area (Å²) in [7, 11) is 0. The number of rotatable bonds is 1. The van der Waals surface area contributed by atoms with Gasteiger partial charge < -0.3 is 5.11 Å². The highest BCUT2D eigenvalue weighted by molar-refractivity contribution is 5.55. The first kappa shape index (κ1) is 12.5. The standard InChI is InChI=1S/C14H10N4O/c1-10-3-2-4-12(16-10)7-5-11-6-8-13(17-18-15)14(19)9-11/h2-4,6,8-9,19H,1H3. The van der Waals surface area contributed by atoms with Crippen LogP contribution in [0.25, 0.3) is 10.4 Å². The molecule has 0 saturated heterocycles. The van der Waals surface area contributed by atoms with Crippen LogP contribution in [0.5, 0.6) is 5.75 Å². The van der Waals surface area contributed by atoms with Crippen molar-refractivity contribution < 1.29 is 5.11 Å². The zero-order valence-electron chi connectivity index (χ0n) is 10.2. The minimum atomic E-state index is -0.0956. The average Bonchev–Trinajstić information content (AvgIpc) is 2.39. The molecule has 92 valence electrons. The van der Waals surface area contributed by atoms with Gasteiger partial charge in [0.2, 0.25) is 0 Å². The molecule has 19 heavy (non-hydrogen) atoms. The fourth-order valence-electron chi connectivity index (χ4n) is 1.48. The lowest BCUT2D eigenvalue weighted by Gasteiger charge is -1.97. The molecule has 0 unspecified atom stereocenters. The highest BCUT2D eigenvalue weighted by Crippen LogP contribution is 2.26. The number of nitrogens with zero attached hydrogens (tertiary/aromatic N) is 4. The lowest BCUT2D eigenvalue weighted by molar-refractivity contribution is 0.476. The van der Waals surface area contributed by atoms with Gasteiger partial charge in [-0.2, -0.15) is 0 Å². The molecule has 0 bridgehead atoms. The van der Waals surface area contributed by atoms with E-state index < -0.39 is 0 Å². The van der Waals surface area contributed by atoms with Gasteiger partial charge in [-0.15, -0.1) is 0 Å². The SMILES string of the molecule is Cc1cccc(C#Cc2ccc(N=[N+]=[N-])c(O)c2)n1. The van der Waals surface area contributed by atoms with Crippen molar-refractivity contribution in [3.8, 4) is 17.6 Å². The van der Waals surface area contributed by atoms with Crippen LogP contribution in [0.1, 0.15) is 17.0 Å². The molecule has 2 aromatic rings. The van der Waals surface area contributed by atoms with Gasteiger partial charge in [0.05, 0.1) is 5.69 Å². The Morgan fingerprint density at radius 2 is 2.11 bits per heavy atom. The van der Waals surface area contributed by atoms with E-state index in [1.165, 1.54) is 12.1 Å². The number of hydrogen-bond acceptors (Lipinski definition) is 3. The smallest absolute Gasteiger partial charge is 0.126 e. The molecule has 0 fully saturated rings. The van der Waals surface area contributed by atoms with Gasteiger partial charge in [-0.05, 0) is 48.7 Å². The lowest BCUT2D eigenvalue weighted by Crippen LogP contribution is -1.84. The zero-order valence-corrected chi connectivity index (χ0v) is 10.2. The molecule has 1 N–H and O–H groups in total. The number of aromatic nitrogens is 1. The second kappa shape index (κ2) is 5.58. The van der Waals surface area contributed by atoms with Crippen molar-refractivity contribution in [2.24, 2.45) is 5.11 Å². The molecule has 2 rings (SSSR count). The highest BCUT2D eigenvalue weighted by Gasteiger charge is 1.98. The lowest BCUT2D eigenvalue weighted by atomic mass is 10.2. The first-order valence-electron chi connectivity index (χ1n) is 5.53. The number of azide groups is 1. The van der Waals surface area contributed by atoms with Gasteiger partial charge in [0, 0.05) is 16.2 Å². The molecule has 0 spiro atoms. The Bertz CT molecular complexity index is 722. The van der Waals surface area contributed by atoms with Crippen LogP contribution in [0, 0.1) is 18.8 Å². The topological polar surface area (TPSA) is 81.9 Å². The summed E-state index contributed by atoms with van der Waals surface area (Å²) in [6, 6.07) is 10.2. The number of pyridine rings is 1. The van der Waals surface area contributed by atoms with E-state index in [0.29, 0.717) is 11.3 Å². The molecule has 0 atom stereocenters. The second-order valence-corrected chi connectivity index (χ2v) is 3.81. The average molecular weight is 250 g/mol. The Kier molecular flexibility index (Phi) is 3.67. The van der Waals surface area contributed by atoms with Crippen LogP contribution >= 0.6 is 0 Å². The molecule has 1 heterocycles. The molecule has 0 aliphatic heterocycles. The molecule has 5 heteroatoms. The number of phenolic OH excluding ortho intramolecular Hbond substituents is 1. The van der Waals surface area contributed by atoms with E-state index in [9.17, 15) is 5.11 Å². The van der Waals surface area contributed by atoms with Crippen LogP contribution in [0.4, 0.5) is 5.69 Å². The van der Waals surface area contributed by atoms with Crippen LogP contribution in [0.3, 0.4) is 0 Å². The monoisotopic (exact) mass is 250 g/mol. The van der Waals surface area contributed by atoms with Gasteiger partial charge in [-0.25, -0.2) is 4.98 Å². The molecule has 0 aliphatic carbocycles. The molecule has 1 aromatic carbocycles. The van der Waals surface area contributed by atoms with Gasteiger partial charge in [0.15, 0.2) is 0 Å². The van der Waals surface area contributed by atoms with E-state index in [1.54, 1.807) is 6.07 Å². The van der Waals surface area contributed by atoms with E-state index in [1.807, 2.05) is 25.1 Å². The Morgan fingerprint density at radius 1 is 1.26 bits per heavy atom. The quantitative estimate of drug-likeness (QED) is 0.364. The van der Waals surface area contributed by atoms with Crippen LogP contribution in [-0.2, 0) is 0 Å². The maximum Gasteiger partial charge on any atom is 0.126 e. The van der Waals surface area contributed by atoms with E-state index in [4.69, 9.17) is 5.53 Å². The van der Waals surface area contributed by atoms with Crippen LogP contribution < -0.4 is 0 Å². The summed E-state index contributed by atoms with van der Waals surface area (Å²) in [6.45, 7) is 1.89. The molecule has 5 nitrogen and oxygen atoms in total. The minimum absolute atomic E-state index is 0.0956. The van der Waals surface area contributed by atoms with Crippen molar-refractivity contribution in [1.29, 1.82) is 0 Å². The first-order valence-corrected chi connectivity index (χ1v) is 5.53. The van der Waals surface area contributed by atoms with Gasteiger partial charge in [-0.1, -0.05) is 17.1 Å². The maximum atomic E-state index is 9.62. The third-order valence-corrected chi connectivity index (χ3v) is 2.35. The molecular weight excluding hydrogens is 240 g/mol. The zero-order chi connectivity index (χ0) is 13.7. The largest absolute Gasteiger partial charge is 0.507 e. The highest BCUT2D eigenvalue weighted by atomic mass is 16.3. The summed E-state index contributed by atoms with van der Waals surface area (Å²) in [5.41, 5.74) is 10.7. The minimum Gasteiger partial charge on any atom is -0.507 e. The summed E-state index contributed by atoms with van der Waals surface area (Å²) < 4.78 is 0. The number of aromatic hydroxyl groups is 1. The van der Waals surface area contributed by atoms with E-state index >= 15 is 0 Å². The second-order valence-electron chi connectivity index (χ2n) is 3.81. The summed E-state index contributed by atoms with van der Waals surface area (Å²) in [6.07, 6.45) is 0. The van der Waals surface area contributed by atoms with Gasteiger partial charge in [0.1, 0.15) is 11.4 Å². The van der Waals surface area contributed by atoms with Crippen molar-refractivity contribution in [3.63, 3.8) is 0 Å². The summed E-state index contributed by atoms with van der Waals surface area (Å²) in [5, 5.41) is 13.0. The van der Waals surface area contributed by atoms with Crippen LogP contribution in [0.2, 0.25) is 0 Å². The predicted molar refractivity (Wildman–Crippen MR) is 71.9 cm³/mol.